The fourth-order valence-electron chi connectivity index (χ4n) is 4.09. The van der Waals surface area contributed by atoms with Crippen LogP contribution in [0.4, 0.5) is 0 Å². The molecule has 3 atom stereocenters. The second-order valence-electron chi connectivity index (χ2n) is 10.5. The van der Waals surface area contributed by atoms with Crippen LogP contribution in [0, 0.1) is 11.8 Å². The molecule has 0 saturated carbocycles. The lowest BCUT2D eigenvalue weighted by Gasteiger charge is -2.18. The summed E-state index contributed by atoms with van der Waals surface area (Å²) in [6.45, 7) is 6.80. The molecular formula is C29H45N3O7S. The van der Waals surface area contributed by atoms with E-state index in [1.54, 1.807) is 39.5 Å². The van der Waals surface area contributed by atoms with Crippen molar-refractivity contribution in [1.82, 2.24) is 15.5 Å². The smallest absolute Gasteiger partial charge is 0.253 e. The van der Waals surface area contributed by atoms with Crippen LogP contribution in [0.25, 0.3) is 0 Å². The number of carbonyl (C=O) groups excluding carboxylic acids is 7. The normalized spacial score (nSPS) is 15.1. The van der Waals surface area contributed by atoms with Gasteiger partial charge in [-0.25, -0.2) is 0 Å². The van der Waals surface area contributed by atoms with Crippen LogP contribution in [0.2, 0.25) is 0 Å². The van der Waals surface area contributed by atoms with Crippen molar-refractivity contribution in [2.24, 2.45) is 11.8 Å². The third kappa shape index (κ3) is 14.5. The molecule has 1 heterocycles. The van der Waals surface area contributed by atoms with Crippen LogP contribution in [0.15, 0.2) is 12.2 Å². The number of ketones is 3. The maximum absolute atomic E-state index is 12.6. The molecule has 224 valence electrons. The predicted molar refractivity (Wildman–Crippen MR) is 154 cm³/mol. The van der Waals surface area contributed by atoms with Crippen LogP contribution in [-0.4, -0.2) is 70.1 Å². The summed E-state index contributed by atoms with van der Waals surface area (Å²) in [6.07, 6.45) is 8.21. The van der Waals surface area contributed by atoms with Gasteiger partial charge in [0.1, 0.15) is 11.6 Å². The van der Waals surface area contributed by atoms with E-state index in [9.17, 15) is 33.6 Å². The quantitative estimate of drug-likeness (QED) is 0.113. The number of rotatable bonds is 22. The molecule has 3 unspecified atom stereocenters. The highest BCUT2D eigenvalue weighted by Gasteiger charge is 2.25. The molecule has 0 saturated heterocycles. The van der Waals surface area contributed by atoms with Crippen LogP contribution in [0.1, 0.15) is 91.9 Å². The second-order valence-corrected chi connectivity index (χ2v) is 11.6. The topological polar surface area (TPSA) is 147 Å². The lowest BCUT2D eigenvalue weighted by molar-refractivity contribution is -0.137. The van der Waals surface area contributed by atoms with E-state index in [0.717, 1.165) is 25.0 Å². The first kappa shape index (κ1) is 35.2. The molecule has 0 bridgehead atoms. The van der Waals surface area contributed by atoms with Gasteiger partial charge in [-0.3, -0.25) is 33.7 Å². The lowest BCUT2D eigenvalue weighted by atomic mass is 9.98. The zero-order chi connectivity index (χ0) is 30.1. The molecule has 0 aliphatic carbocycles. The Morgan fingerprint density at radius 3 is 2.05 bits per heavy atom. The van der Waals surface area contributed by atoms with Gasteiger partial charge in [0.15, 0.2) is 5.78 Å². The first-order valence-corrected chi connectivity index (χ1v) is 15.3. The first-order valence-electron chi connectivity index (χ1n) is 14.2. The van der Waals surface area contributed by atoms with E-state index in [-0.39, 0.29) is 53.8 Å². The largest absolute Gasteiger partial charge is 0.347 e. The van der Waals surface area contributed by atoms with E-state index in [2.05, 4.69) is 10.6 Å². The Hall–Kier alpha value is -2.82. The van der Waals surface area contributed by atoms with Crippen molar-refractivity contribution < 1.29 is 33.6 Å². The molecule has 11 heteroatoms. The second kappa shape index (κ2) is 19.3. The standard InChI is InChI=1S/C29H45N3O7S/c1-20(17-24(34)12-8-5-9-15-32-26(36)13-14-27(32)37)29(39)31-23(4)25(35)18-21(2)28(38)30-19-40-16-10-6-7-11-22(3)33/h13-14,20-21,23H,5-12,15-19H2,1-4H3,(H,30,38)(H,31,39). The number of Topliss-reactive ketones (excluding diaryl/α,β-unsaturated/α-hetero) is 3. The van der Waals surface area contributed by atoms with Gasteiger partial charge in [0.05, 0.1) is 11.9 Å². The van der Waals surface area contributed by atoms with Gasteiger partial charge < -0.3 is 15.4 Å². The number of amides is 4. The molecule has 1 aliphatic heterocycles. The average Bonchev–Trinajstić information content (AvgIpc) is 3.21. The summed E-state index contributed by atoms with van der Waals surface area (Å²) in [6, 6.07) is -0.768. The number of nitrogens with zero attached hydrogens (tertiary/aromatic N) is 1. The minimum atomic E-state index is -0.768. The minimum Gasteiger partial charge on any atom is -0.347 e. The number of unbranched alkanes of at least 4 members (excludes halogenated alkanes) is 4. The van der Waals surface area contributed by atoms with Gasteiger partial charge >= 0.3 is 0 Å². The molecular weight excluding hydrogens is 534 g/mol. The average molecular weight is 580 g/mol. The molecule has 10 nitrogen and oxygen atoms in total. The van der Waals surface area contributed by atoms with E-state index in [1.165, 1.54) is 17.1 Å². The van der Waals surface area contributed by atoms with Gasteiger partial charge in [-0.1, -0.05) is 26.7 Å². The van der Waals surface area contributed by atoms with Crippen molar-refractivity contribution in [2.45, 2.75) is 97.9 Å². The monoisotopic (exact) mass is 579 g/mol. The SMILES string of the molecule is CC(=O)CCCCCSCNC(=O)C(C)CC(=O)C(C)NC(=O)C(C)CC(=O)CCCCCN1C(=O)C=CC1=O. The fraction of sp³-hybridized carbons (Fsp3) is 0.690. The molecule has 4 amide bonds. The molecule has 2 N–H and O–H groups in total. The van der Waals surface area contributed by atoms with Crippen molar-refractivity contribution in [3.63, 3.8) is 0 Å². The van der Waals surface area contributed by atoms with E-state index in [1.807, 2.05) is 0 Å². The Bertz CT molecular complexity index is 932. The van der Waals surface area contributed by atoms with Gasteiger partial charge in [0, 0.05) is 56.2 Å². The van der Waals surface area contributed by atoms with Crippen LogP contribution in [0.5, 0.6) is 0 Å². The summed E-state index contributed by atoms with van der Waals surface area (Å²) < 4.78 is 0. The lowest BCUT2D eigenvalue weighted by Crippen LogP contribution is -2.43. The van der Waals surface area contributed by atoms with Crippen LogP contribution in [0.3, 0.4) is 0 Å². The maximum atomic E-state index is 12.6. The highest BCUT2D eigenvalue weighted by molar-refractivity contribution is 7.99. The third-order valence-corrected chi connectivity index (χ3v) is 7.61. The number of carbonyl (C=O) groups is 7. The Balaban J connectivity index is 2.19. The highest BCUT2D eigenvalue weighted by atomic mass is 32.2. The molecule has 40 heavy (non-hydrogen) atoms. The predicted octanol–water partition coefficient (Wildman–Crippen LogP) is 3.12. The van der Waals surface area contributed by atoms with Gasteiger partial charge in [-0.2, -0.15) is 0 Å². The molecule has 0 spiro atoms. The van der Waals surface area contributed by atoms with Gasteiger partial charge in [-0.15, -0.1) is 11.8 Å². The molecule has 0 aromatic rings. The maximum Gasteiger partial charge on any atom is 0.253 e. The summed E-state index contributed by atoms with van der Waals surface area (Å²) in [4.78, 5) is 84.8. The van der Waals surface area contributed by atoms with Crippen molar-refractivity contribution >= 4 is 52.7 Å². The van der Waals surface area contributed by atoms with E-state index in [4.69, 9.17) is 0 Å². The zero-order valence-corrected chi connectivity index (χ0v) is 25.1. The number of imide groups is 1. The van der Waals surface area contributed by atoms with Crippen molar-refractivity contribution in [1.29, 1.82) is 0 Å². The summed E-state index contributed by atoms with van der Waals surface area (Å²) in [5.41, 5.74) is 0. The number of hydrogen-bond donors (Lipinski definition) is 2. The molecule has 1 aliphatic rings. The molecule has 0 aromatic carbocycles. The molecule has 0 radical (unpaired) electrons. The third-order valence-electron chi connectivity index (χ3n) is 6.68. The summed E-state index contributed by atoms with van der Waals surface area (Å²) in [5, 5.41) is 5.47. The van der Waals surface area contributed by atoms with Crippen LogP contribution in [-0.2, 0) is 33.6 Å². The van der Waals surface area contributed by atoms with Gasteiger partial charge in [0.2, 0.25) is 11.8 Å². The van der Waals surface area contributed by atoms with E-state index in [0.29, 0.717) is 44.5 Å². The molecule has 0 aromatic heterocycles. The molecule has 1 rings (SSSR count). The Morgan fingerprint density at radius 2 is 1.40 bits per heavy atom. The van der Waals surface area contributed by atoms with E-state index < -0.39 is 17.9 Å². The summed E-state index contributed by atoms with van der Waals surface area (Å²) >= 11 is 1.60. The summed E-state index contributed by atoms with van der Waals surface area (Å²) in [7, 11) is 0. The Labute approximate surface area is 241 Å². The van der Waals surface area contributed by atoms with Crippen LogP contribution < -0.4 is 10.6 Å². The minimum absolute atomic E-state index is 0.000982. The number of hydrogen-bond acceptors (Lipinski definition) is 8. The van der Waals surface area contributed by atoms with Crippen LogP contribution >= 0.6 is 11.8 Å². The molecule has 0 fully saturated rings. The Kier molecular flexibility index (Phi) is 17.0. The zero-order valence-electron chi connectivity index (χ0n) is 24.3. The van der Waals surface area contributed by atoms with Gasteiger partial charge in [0.25, 0.3) is 11.8 Å². The van der Waals surface area contributed by atoms with Crippen molar-refractivity contribution in [2.75, 3.05) is 18.2 Å². The van der Waals surface area contributed by atoms with Crippen molar-refractivity contribution in [3.8, 4) is 0 Å². The first-order chi connectivity index (χ1) is 18.9. The Morgan fingerprint density at radius 1 is 0.800 bits per heavy atom. The summed E-state index contributed by atoms with van der Waals surface area (Å²) in [5.74, 6) is -1.12. The van der Waals surface area contributed by atoms with E-state index >= 15 is 0 Å². The number of thioether (sulfide) groups is 1. The van der Waals surface area contributed by atoms with Crippen molar-refractivity contribution in [3.05, 3.63) is 12.2 Å². The highest BCUT2D eigenvalue weighted by Crippen LogP contribution is 2.13. The number of nitrogens with one attached hydrogen (secondary N) is 2. The fourth-order valence-corrected chi connectivity index (χ4v) is 4.88. The van der Waals surface area contributed by atoms with Gasteiger partial charge in [-0.05, 0) is 45.3 Å².